The van der Waals surface area contributed by atoms with E-state index in [0.717, 1.165) is 50.0 Å². The van der Waals surface area contributed by atoms with Gasteiger partial charge in [-0.1, -0.05) is 35.8 Å². The van der Waals surface area contributed by atoms with Crippen molar-refractivity contribution in [3.8, 4) is 5.69 Å². The van der Waals surface area contributed by atoms with Crippen LogP contribution in [0.15, 0.2) is 24.3 Å². The summed E-state index contributed by atoms with van der Waals surface area (Å²) in [5.41, 5.74) is 3.42. The third kappa shape index (κ3) is 3.76. The number of hydrogen-bond acceptors (Lipinski definition) is 4. The van der Waals surface area contributed by atoms with Crippen molar-refractivity contribution >= 4 is 5.91 Å². The van der Waals surface area contributed by atoms with Gasteiger partial charge in [0.2, 0.25) is 0 Å². The van der Waals surface area contributed by atoms with Crippen LogP contribution in [0.25, 0.3) is 5.69 Å². The molecule has 1 aliphatic heterocycles. The fourth-order valence-electron chi connectivity index (χ4n) is 4.38. The van der Waals surface area contributed by atoms with E-state index in [1.54, 1.807) is 4.68 Å². The number of amides is 1. The number of rotatable bonds is 3. The number of carbonyl (C=O) groups excluding carboxylic acids is 1. The molecule has 1 saturated carbocycles. The second kappa shape index (κ2) is 7.80. The fraction of sp³-hybridized carbons (Fsp3) is 0.571. The molecule has 0 atom stereocenters. The summed E-state index contributed by atoms with van der Waals surface area (Å²) in [6, 6.07) is 8.84. The van der Waals surface area contributed by atoms with E-state index in [9.17, 15) is 4.79 Å². The summed E-state index contributed by atoms with van der Waals surface area (Å²) in [6.07, 6.45) is 6.37. The first-order valence-corrected chi connectivity index (χ1v) is 10.2. The molecule has 0 N–H and O–H groups in total. The van der Waals surface area contributed by atoms with Gasteiger partial charge in [0.1, 0.15) is 0 Å². The molecule has 2 aliphatic rings. The van der Waals surface area contributed by atoms with Gasteiger partial charge in [0.05, 0.1) is 11.4 Å². The van der Waals surface area contributed by atoms with Gasteiger partial charge in [-0.15, -0.1) is 5.10 Å². The zero-order chi connectivity index (χ0) is 18.8. The predicted molar refractivity (Wildman–Crippen MR) is 105 cm³/mol. The molecule has 2 fully saturated rings. The summed E-state index contributed by atoms with van der Waals surface area (Å²) in [5.74, 6) is 0.0131. The smallest absolute Gasteiger partial charge is 0.276 e. The summed E-state index contributed by atoms with van der Waals surface area (Å²) in [4.78, 5) is 17.6. The van der Waals surface area contributed by atoms with Crippen LogP contribution < -0.4 is 0 Å². The summed E-state index contributed by atoms with van der Waals surface area (Å²) in [6.45, 7) is 7.65. The molecule has 1 aromatic carbocycles. The predicted octanol–water partition coefficient (Wildman–Crippen LogP) is 2.97. The third-order valence-electron chi connectivity index (χ3n) is 6.03. The quantitative estimate of drug-likeness (QED) is 0.837. The molecule has 27 heavy (non-hydrogen) atoms. The normalized spacial score (nSPS) is 19.4. The van der Waals surface area contributed by atoms with Crippen LogP contribution in [0.5, 0.6) is 0 Å². The zero-order valence-corrected chi connectivity index (χ0v) is 16.4. The Morgan fingerprint density at radius 1 is 0.963 bits per heavy atom. The molecule has 4 rings (SSSR count). The van der Waals surface area contributed by atoms with Crippen molar-refractivity contribution in [3.63, 3.8) is 0 Å². The number of hydrogen-bond donors (Lipinski definition) is 0. The highest BCUT2D eigenvalue weighted by molar-refractivity contribution is 5.93. The van der Waals surface area contributed by atoms with E-state index < -0.39 is 0 Å². The standard InChI is InChI=1S/C21H29N5O/c1-16-8-10-19(11-9-16)26-17(2)20(22-23-26)21(27)25-13-5-12-24(14-15-25)18-6-3-4-7-18/h8-11,18H,3-7,12-15H2,1-2H3. The molecule has 1 saturated heterocycles. The Bertz CT molecular complexity index is 791. The Kier molecular flexibility index (Phi) is 5.25. The van der Waals surface area contributed by atoms with E-state index in [0.29, 0.717) is 5.69 Å². The monoisotopic (exact) mass is 367 g/mol. The van der Waals surface area contributed by atoms with E-state index in [2.05, 4.69) is 22.1 Å². The Morgan fingerprint density at radius 3 is 2.44 bits per heavy atom. The Balaban J connectivity index is 1.47. The Labute approximate surface area is 161 Å². The van der Waals surface area contributed by atoms with Crippen LogP contribution in [0.1, 0.15) is 53.8 Å². The molecule has 1 amide bonds. The topological polar surface area (TPSA) is 54.3 Å². The maximum atomic E-state index is 13.1. The van der Waals surface area contributed by atoms with Gasteiger partial charge in [0.15, 0.2) is 5.69 Å². The van der Waals surface area contributed by atoms with Crippen molar-refractivity contribution < 1.29 is 4.79 Å². The fourth-order valence-corrected chi connectivity index (χ4v) is 4.38. The van der Waals surface area contributed by atoms with Crippen LogP contribution in [-0.4, -0.2) is 62.9 Å². The van der Waals surface area contributed by atoms with Gasteiger partial charge in [0.25, 0.3) is 5.91 Å². The van der Waals surface area contributed by atoms with Gasteiger partial charge in [-0.05, 0) is 45.2 Å². The summed E-state index contributed by atoms with van der Waals surface area (Å²) in [5, 5.41) is 8.47. The molecule has 0 bridgehead atoms. The van der Waals surface area contributed by atoms with E-state index in [-0.39, 0.29) is 5.91 Å². The summed E-state index contributed by atoms with van der Waals surface area (Å²) in [7, 11) is 0. The highest BCUT2D eigenvalue weighted by atomic mass is 16.2. The summed E-state index contributed by atoms with van der Waals surface area (Å²) < 4.78 is 1.76. The molecule has 2 heterocycles. The maximum absolute atomic E-state index is 13.1. The number of carbonyl (C=O) groups is 1. The first-order valence-electron chi connectivity index (χ1n) is 10.2. The Hall–Kier alpha value is -2.21. The van der Waals surface area contributed by atoms with Gasteiger partial charge < -0.3 is 4.90 Å². The van der Waals surface area contributed by atoms with E-state index in [1.165, 1.54) is 31.2 Å². The average molecular weight is 367 g/mol. The van der Waals surface area contributed by atoms with Crippen LogP contribution in [-0.2, 0) is 0 Å². The molecule has 6 nitrogen and oxygen atoms in total. The van der Waals surface area contributed by atoms with E-state index in [1.807, 2.05) is 36.1 Å². The minimum atomic E-state index is 0.0131. The number of aromatic nitrogens is 3. The lowest BCUT2D eigenvalue weighted by atomic mass is 10.2. The highest BCUT2D eigenvalue weighted by Gasteiger charge is 2.28. The average Bonchev–Trinajstić information content (AvgIpc) is 3.27. The minimum Gasteiger partial charge on any atom is -0.336 e. The molecule has 0 radical (unpaired) electrons. The lowest BCUT2D eigenvalue weighted by molar-refractivity contribution is 0.0751. The molecule has 0 spiro atoms. The molecular weight excluding hydrogens is 338 g/mol. The zero-order valence-electron chi connectivity index (χ0n) is 16.4. The molecule has 2 aromatic rings. The highest BCUT2D eigenvalue weighted by Crippen LogP contribution is 2.24. The number of nitrogens with zero attached hydrogens (tertiary/aromatic N) is 5. The van der Waals surface area contributed by atoms with Crippen LogP contribution in [0.3, 0.4) is 0 Å². The molecule has 0 unspecified atom stereocenters. The largest absolute Gasteiger partial charge is 0.336 e. The van der Waals surface area contributed by atoms with Crippen LogP contribution >= 0.6 is 0 Å². The van der Waals surface area contributed by atoms with Gasteiger partial charge >= 0.3 is 0 Å². The van der Waals surface area contributed by atoms with Gasteiger partial charge in [-0.2, -0.15) is 0 Å². The molecule has 6 heteroatoms. The first-order chi connectivity index (χ1) is 13.1. The Morgan fingerprint density at radius 2 is 1.70 bits per heavy atom. The molecule has 1 aliphatic carbocycles. The van der Waals surface area contributed by atoms with Gasteiger partial charge in [0, 0.05) is 32.2 Å². The van der Waals surface area contributed by atoms with Crippen LogP contribution in [0.4, 0.5) is 0 Å². The van der Waals surface area contributed by atoms with Gasteiger partial charge in [-0.3, -0.25) is 9.69 Å². The first kappa shape index (κ1) is 18.2. The van der Waals surface area contributed by atoms with Crippen LogP contribution in [0, 0.1) is 13.8 Å². The number of benzene rings is 1. The SMILES string of the molecule is Cc1ccc(-n2nnc(C(=O)N3CCCN(C4CCCC4)CC3)c2C)cc1. The van der Waals surface area contributed by atoms with Crippen molar-refractivity contribution in [1.29, 1.82) is 0 Å². The molecular formula is C21H29N5O. The van der Waals surface area contributed by atoms with E-state index >= 15 is 0 Å². The molecule has 144 valence electrons. The van der Waals surface area contributed by atoms with Crippen molar-refractivity contribution in [3.05, 3.63) is 41.2 Å². The summed E-state index contributed by atoms with van der Waals surface area (Å²) >= 11 is 0. The molecule has 1 aromatic heterocycles. The second-order valence-electron chi connectivity index (χ2n) is 7.89. The minimum absolute atomic E-state index is 0.0131. The van der Waals surface area contributed by atoms with Crippen molar-refractivity contribution in [1.82, 2.24) is 24.8 Å². The number of aryl methyl sites for hydroxylation is 1. The van der Waals surface area contributed by atoms with Crippen LogP contribution in [0.2, 0.25) is 0 Å². The maximum Gasteiger partial charge on any atom is 0.276 e. The lowest BCUT2D eigenvalue weighted by Gasteiger charge is -2.27. The van der Waals surface area contributed by atoms with Crippen molar-refractivity contribution in [2.24, 2.45) is 0 Å². The third-order valence-corrected chi connectivity index (χ3v) is 6.03. The van der Waals surface area contributed by atoms with Crippen molar-refractivity contribution in [2.45, 2.75) is 52.0 Å². The van der Waals surface area contributed by atoms with E-state index in [4.69, 9.17) is 0 Å². The second-order valence-corrected chi connectivity index (χ2v) is 7.89. The lowest BCUT2D eigenvalue weighted by Crippen LogP contribution is -2.38. The van der Waals surface area contributed by atoms with Crippen molar-refractivity contribution in [2.75, 3.05) is 26.2 Å². The van der Waals surface area contributed by atoms with Gasteiger partial charge in [-0.25, -0.2) is 4.68 Å².